The Morgan fingerprint density at radius 2 is 1.45 bits per heavy atom. The number of nitrogens with two attached hydrogens (primary N) is 2. The smallest absolute Gasteiger partial charge is 0.326 e. The topological polar surface area (TPSA) is 159 Å². The fourth-order valence-corrected chi connectivity index (χ4v) is 3.80. The number of carbonyl (C=O) groups excluding carboxylic acids is 1. The Hall–Kier alpha value is -1.71. The summed E-state index contributed by atoms with van der Waals surface area (Å²) < 4.78 is 0. The van der Waals surface area contributed by atoms with Gasteiger partial charge in [0.2, 0.25) is 5.91 Å². The minimum Gasteiger partial charge on any atom is -0.480 e. The van der Waals surface area contributed by atoms with Crippen molar-refractivity contribution >= 4 is 17.8 Å². The van der Waals surface area contributed by atoms with E-state index in [0.29, 0.717) is 51.7 Å². The number of carbonyl (C=O) groups is 3. The zero-order chi connectivity index (χ0) is 21.6. The summed E-state index contributed by atoms with van der Waals surface area (Å²) in [4.78, 5) is 37.6. The molecule has 1 aliphatic heterocycles. The molecule has 0 aliphatic carbocycles. The van der Waals surface area contributed by atoms with E-state index in [9.17, 15) is 24.6 Å². The molecule has 1 fully saturated rings. The van der Waals surface area contributed by atoms with Crippen LogP contribution in [0.1, 0.15) is 70.6 Å². The Kier molecular flexibility index (Phi) is 12.5. The molecule has 29 heavy (non-hydrogen) atoms. The minimum atomic E-state index is -1.01. The molecule has 168 valence electrons. The maximum Gasteiger partial charge on any atom is 0.326 e. The van der Waals surface area contributed by atoms with Crippen molar-refractivity contribution in [1.29, 1.82) is 0 Å². The molecule has 9 heteroatoms. The third kappa shape index (κ3) is 9.10. The molecule has 1 heterocycles. The summed E-state index contributed by atoms with van der Waals surface area (Å²) in [6.45, 7) is 1.55. The van der Waals surface area contributed by atoms with Gasteiger partial charge in [0.1, 0.15) is 12.1 Å². The molecule has 0 aromatic rings. The Bertz CT molecular complexity index is 517. The van der Waals surface area contributed by atoms with Crippen LogP contribution in [0.2, 0.25) is 0 Å². The zero-order valence-electron chi connectivity index (χ0n) is 17.4. The van der Waals surface area contributed by atoms with E-state index in [4.69, 9.17) is 11.5 Å². The molecule has 0 unspecified atom stereocenters. The van der Waals surface area contributed by atoms with E-state index >= 15 is 0 Å². The third-order valence-electron chi connectivity index (χ3n) is 5.46. The average molecular weight is 415 g/mol. The Morgan fingerprint density at radius 1 is 0.897 bits per heavy atom. The van der Waals surface area contributed by atoms with Gasteiger partial charge >= 0.3 is 11.9 Å². The Labute approximate surface area is 173 Å². The number of amides is 1. The number of rotatable bonds is 16. The largest absolute Gasteiger partial charge is 0.480 e. The fourth-order valence-electron chi connectivity index (χ4n) is 3.80. The van der Waals surface area contributed by atoms with Crippen molar-refractivity contribution in [2.24, 2.45) is 11.5 Å². The van der Waals surface area contributed by atoms with Crippen LogP contribution in [0.5, 0.6) is 0 Å². The number of carboxylic acids is 2. The van der Waals surface area contributed by atoms with Crippen LogP contribution in [-0.4, -0.2) is 70.7 Å². The van der Waals surface area contributed by atoms with Gasteiger partial charge in [-0.1, -0.05) is 32.1 Å². The first-order valence-corrected chi connectivity index (χ1v) is 10.8. The van der Waals surface area contributed by atoms with Crippen molar-refractivity contribution in [1.82, 2.24) is 10.2 Å². The molecule has 9 nitrogen and oxygen atoms in total. The lowest BCUT2D eigenvalue weighted by molar-refractivity contribution is -0.149. The van der Waals surface area contributed by atoms with Gasteiger partial charge < -0.3 is 26.6 Å². The molecule has 7 N–H and O–H groups in total. The fraction of sp³-hybridized carbons (Fsp3) is 0.850. The lowest BCUT2D eigenvalue weighted by atomic mass is 10.0. The third-order valence-corrected chi connectivity index (χ3v) is 5.46. The van der Waals surface area contributed by atoms with Gasteiger partial charge in [-0.25, -0.2) is 4.79 Å². The molecule has 0 aromatic carbocycles. The summed E-state index contributed by atoms with van der Waals surface area (Å²) in [5.74, 6) is -2.32. The second-order valence-corrected chi connectivity index (χ2v) is 7.77. The molecule has 0 bridgehead atoms. The standard InChI is InChI=1S/C20H38N4O5/c21-12-6-3-1-2-4-10-16(19(26)27)23-15(9-5-7-13-22)18(25)24-14-8-11-17(24)20(28)29/h15-17,23H,1-14,21-22H2,(H,26,27)(H,28,29)/t15-,16+,17-/m0/s1. The quantitative estimate of drug-likeness (QED) is 0.233. The van der Waals surface area contributed by atoms with E-state index in [2.05, 4.69) is 5.32 Å². The molecule has 1 rings (SSSR count). The summed E-state index contributed by atoms with van der Waals surface area (Å²) in [5, 5.41) is 22.0. The van der Waals surface area contributed by atoms with Crippen LogP contribution in [0.25, 0.3) is 0 Å². The molecular weight excluding hydrogens is 376 g/mol. The van der Waals surface area contributed by atoms with E-state index in [1.807, 2.05) is 0 Å². The van der Waals surface area contributed by atoms with E-state index in [1.165, 1.54) is 4.90 Å². The van der Waals surface area contributed by atoms with Crippen molar-refractivity contribution in [2.75, 3.05) is 19.6 Å². The van der Waals surface area contributed by atoms with Crippen LogP contribution in [0.3, 0.4) is 0 Å². The number of hydrogen-bond acceptors (Lipinski definition) is 6. The van der Waals surface area contributed by atoms with Crippen molar-refractivity contribution in [3.63, 3.8) is 0 Å². The van der Waals surface area contributed by atoms with Crippen molar-refractivity contribution in [2.45, 2.75) is 88.8 Å². The first-order valence-electron chi connectivity index (χ1n) is 10.8. The van der Waals surface area contributed by atoms with Crippen LogP contribution in [0, 0.1) is 0 Å². The summed E-state index contributed by atoms with van der Waals surface area (Å²) in [7, 11) is 0. The Balaban J connectivity index is 2.71. The van der Waals surface area contributed by atoms with E-state index in [-0.39, 0.29) is 5.91 Å². The maximum atomic E-state index is 13.0. The van der Waals surface area contributed by atoms with Crippen LogP contribution >= 0.6 is 0 Å². The maximum absolute atomic E-state index is 13.0. The van der Waals surface area contributed by atoms with Gasteiger partial charge in [-0.3, -0.25) is 14.9 Å². The monoisotopic (exact) mass is 414 g/mol. The molecule has 3 atom stereocenters. The molecule has 0 spiro atoms. The lowest BCUT2D eigenvalue weighted by Gasteiger charge is -2.29. The highest BCUT2D eigenvalue weighted by atomic mass is 16.4. The molecule has 0 aromatic heterocycles. The van der Waals surface area contributed by atoms with Crippen LogP contribution < -0.4 is 16.8 Å². The molecule has 1 amide bonds. The van der Waals surface area contributed by atoms with Gasteiger partial charge in [-0.15, -0.1) is 0 Å². The van der Waals surface area contributed by atoms with E-state index < -0.39 is 30.1 Å². The van der Waals surface area contributed by atoms with Crippen LogP contribution in [0.15, 0.2) is 0 Å². The van der Waals surface area contributed by atoms with Crippen LogP contribution in [0.4, 0.5) is 0 Å². The van der Waals surface area contributed by atoms with Gasteiger partial charge in [-0.2, -0.15) is 0 Å². The van der Waals surface area contributed by atoms with Crippen molar-refractivity contribution in [3.8, 4) is 0 Å². The van der Waals surface area contributed by atoms with Gasteiger partial charge in [-0.05, 0) is 51.6 Å². The number of hydrogen-bond donors (Lipinski definition) is 5. The summed E-state index contributed by atoms with van der Waals surface area (Å²) in [6, 6.07) is -2.37. The lowest BCUT2D eigenvalue weighted by Crippen LogP contribution is -2.54. The van der Waals surface area contributed by atoms with Crippen LogP contribution in [-0.2, 0) is 14.4 Å². The van der Waals surface area contributed by atoms with Gasteiger partial charge in [0.05, 0.1) is 6.04 Å². The Morgan fingerprint density at radius 3 is 2.07 bits per heavy atom. The summed E-state index contributed by atoms with van der Waals surface area (Å²) in [5.41, 5.74) is 11.0. The summed E-state index contributed by atoms with van der Waals surface area (Å²) >= 11 is 0. The van der Waals surface area contributed by atoms with E-state index in [1.54, 1.807) is 0 Å². The zero-order valence-corrected chi connectivity index (χ0v) is 17.4. The number of likely N-dealkylation sites (tertiary alicyclic amines) is 1. The minimum absolute atomic E-state index is 0.318. The highest BCUT2D eigenvalue weighted by Crippen LogP contribution is 2.20. The highest BCUT2D eigenvalue weighted by Gasteiger charge is 2.38. The second-order valence-electron chi connectivity index (χ2n) is 7.77. The normalized spacial score (nSPS) is 18.6. The predicted octanol–water partition coefficient (Wildman–Crippen LogP) is 0.902. The van der Waals surface area contributed by atoms with Gasteiger partial charge in [0, 0.05) is 6.54 Å². The summed E-state index contributed by atoms with van der Waals surface area (Å²) in [6.07, 6.45) is 8.04. The highest BCUT2D eigenvalue weighted by molar-refractivity contribution is 5.88. The molecule has 1 saturated heterocycles. The average Bonchev–Trinajstić information content (AvgIpc) is 3.18. The second kappa shape index (κ2) is 14.3. The number of nitrogens with one attached hydrogen (secondary N) is 1. The first kappa shape index (κ1) is 25.3. The molecular formula is C20H38N4O5. The SMILES string of the molecule is NCCCCCCC[C@@H](N[C@@H](CCCCN)C(=O)N1CCC[C@H]1C(=O)O)C(=O)O. The number of aliphatic carboxylic acids is 2. The van der Waals surface area contributed by atoms with Gasteiger partial charge in [0.15, 0.2) is 0 Å². The van der Waals surface area contributed by atoms with Crippen molar-refractivity contribution in [3.05, 3.63) is 0 Å². The molecule has 0 radical (unpaired) electrons. The van der Waals surface area contributed by atoms with E-state index in [0.717, 1.165) is 38.5 Å². The number of unbranched alkanes of at least 4 members (excludes halogenated alkanes) is 5. The van der Waals surface area contributed by atoms with Gasteiger partial charge in [0.25, 0.3) is 0 Å². The predicted molar refractivity (Wildman–Crippen MR) is 110 cm³/mol. The molecule has 1 aliphatic rings. The molecule has 0 saturated carbocycles. The number of nitrogens with zero attached hydrogens (tertiary/aromatic N) is 1. The first-order chi connectivity index (χ1) is 13.9. The number of carboxylic acid groups (broad SMARTS) is 2. The van der Waals surface area contributed by atoms with Crippen molar-refractivity contribution < 1.29 is 24.6 Å².